The molecule has 0 bridgehead atoms. The van der Waals surface area contributed by atoms with Crippen LogP contribution in [0.2, 0.25) is 0 Å². The molecule has 0 spiro atoms. The SMILES string of the molecule is COc1cccc2c1C1=C(C(c3cccc(C(=O)O)c3)C2)C2C(C)=CC(C)(C)NC2C=C1. The number of benzene rings is 2. The van der Waals surface area contributed by atoms with Gasteiger partial charge in [0.05, 0.1) is 12.7 Å². The maximum Gasteiger partial charge on any atom is 0.335 e. The molecule has 0 fully saturated rings. The molecule has 3 aliphatic rings. The van der Waals surface area contributed by atoms with Crippen LogP contribution in [0.1, 0.15) is 53.7 Å². The van der Waals surface area contributed by atoms with Gasteiger partial charge in [-0.15, -0.1) is 0 Å². The zero-order valence-corrected chi connectivity index (χ0v) is 19.0. The lowest BCUT2D eigenvalue weighted by Crippen LogP contribution is -2.53. The third-order valence-electron chi connectivity index (χ3n) is 7.03. The van der Waals surface area contributed by atoms with Crippen LogP contribution in [0, 0.1) is 5.92 Å². The van der Waals surface area contributed by atoms with Crippen molar-refractivity contribution in [2.75, 3.05) is 7.11 Å². The number of allylic oxidation sites excluding steroid dienone is 2. The smallest absolute Gasteiger partial charge is 0.335 e. The minimum atomic E-state index is -0.891. The minimum Gasteiger partial charge on any atom is -0.496 e. The number of carboxylic acid groups (broad SMARTS) is 1. The van der Waals surface area contributed by atoms with E-state index in [4.69, 9.17) is 4.74 Å². The second kappa shape index (κ2) is 7.49. The van der Waals surface area contributed by atoms with E-state index in [2.05, 4.69) is 56.4 Å². The molecule has 5 rings (SSSR count). The fraction of sp³-hybridized carbons (Fsp3) is 0.321. The molecule has 1 heterocycles. The number of hydrogen-bond acceptors (Lipinski definition) is 3. The molecule has 4 nitrogen and oxygen atoms in total. The molecule has 1 aliphatic heterocycles. The van der Waals surface area contributed by atoms with Crippen molar-refractivity contribution in [3.05, 3.63) is 94.1 Å². The largest absolute Gasteiger partial charge is 0.496 e. The van der Waals surface area contributed by atoms with Crippen molar-refractivity contribution in [3.8, 4) is 5.75 Å². The number of nitrogens with one attached hydrogen (secondary N) is 1. The summed E-state index contributed by atoms with van der Waals surface area (Å²) in [5.41, 5.74) is 7.64. The van der Waals surface area contributed by atoms with Crippen molar-refractivity contribution in [2.45, 2.75) is 44.7 Å². The highest BCUT2D eigenvalue weighted by Crippen LogP contribution is 2.52. The predicted octanol–water partition coefficient (Wildman–Crippen LogP) is 5.37. The van der Waals surface area contributed by atoms with E-state index in [9.17, 15) is 9.90 Å². The Morgan fingerprint density at radius 1 is 1.19 bits per heavy atom. The van der Waals surface area contributed by atoms with Gasteiger partial charge in [0.1, 0.15) is 5.75 Å². The highest BCUT2D eigenvalue weighted by atomic mass is 16.5. The molecule has 3 unspecified atom stereocenters. The Hall–Kier alpha value is -3.11. The van der Waals surface area contributed by atoms with Gasteiger partial charge in [-0.25, -0.2) is 4.79 Å². The lowest BCUT2D eigenvalue weighted by atomic mass is 9.64. The first-order valence-corrected chi connectivity index (χ1v) is 11.2. The third kappa shape index (κ3) is 3.30. The highest BCUT2D eigenvalue weighted by molar-refractivity contribution is 5.89. The van der Waals surface area contributed by atoms with Crippen LogP contribution in [-0.4, -0.2) is 29.8 Å². The van der Waals surface area contributed by atoms with Crippen molar-refractivity contribution < 1.29 is 14.6 Å². The first kappa shape index (κ1) is 20.8. The normalized spacial score (nSPS) is 25.4. The zero-order chi connectivity index (χ0) is 22.6. The molecule has 0 radical (unpaired) electrons. The van der Waals surface area contributed by atoms with Crippen LogP contribution in [0.15, 0.2) is 71.8 Å². The number of ether oxygens (including phenoxy) is 1. The number of rotatable bonds is 3. The molecular formula is C28H29NO3. The molecule has 0 aromatic heterocycles. The monoisotopic (exact) mass is 427 g/mol. The Kier molecular flexibility index (Phi) is 4.86. The fourth-order valence-electron chi connectivity index (χ4n) is 5.93. The van der Waals surface area contributed by atoms with Crippen LogP contribution < -0.4 is 10.1 Å². The molecule has 3 atom stereocenters. The van der Waals surface area contributed by atoms with Crippen molar-refractivity contribution in [3.63, 3.8) is 0 Å². The van der Waals surface area contributed by atoms with Gasteiger partial charge in [-0.05, 0) is 67.7 Å². The van der Waals surface area contributed by atoms with E-state index < -0.39 is 5.97 Å². The first-order chi connectivity index (χ1) is 15.3. The summed E-state index contributed by atoms with van der Waals surface area (Å²) in [5.74, 6) is 0.325. The van der Waals surface area contributed by atoms with Crippen LogP contribution in [0.5, 0.6) is 5.75 Å². The Labute approximate surface area is 189 Å². The molecule has 164 valence electrons. The summed E-state index contributed by atoms with van der Waals surface area (Å²) in [6.07, 6.45) is 7.68. The molecule has 2 aromatic rings. The quantitative estimate of drug-likeness (QED) is 0.647. The molecule has 32 heavy (non-hydrogen) atoms. The maximum absolute atomic E-state index is 11.7. The number of aromatic carboxylic acids is 1. The van der Waals surface area contributed by atoms with Gasteiger partial charge in [0.15, 0.2) is 0 Å². The van der Waals surface area contributed by atoms with Crippen molar-refractivity contribution in [1.82, 2.24) is 5.32 Å². The van der Waals surface area contributed by atoms with Crippen molar-refractivity contribution in [2.24, 2.45) is 5.92 Å². The molecule has 2 N–H and O–H groups in total. The summed E-state index contributed by atoms with van der Waals surface area (Å²) in [7, 11) is 1.73. The van der Waals surface area contributed by atoms with E-state index in [1.165, 1.54) is 27.8 Å². The van der Waals surface area contributed by atoms with Gasteiger partial charge < -0.3 is 15.2 Å². The van der Waals surface area contributed by atoms with Gasteiger partial charge in [-0.2, -0.15) is 0 Å². The predicted molar refractivity (Wildman–Crippen MR) is 127 cm³/mol. The lowest BCUT2D eigenvalue weighted by Gasteiger charge is -2.46. The number of hydrogen-bond donors (Lipinski definition) is 2. The van der Waals surface area contributed by atoms with Crippen molar-refractivity contribution in [1.29, 1.82) is 0 Å². The summed E-state index contributed by atoms with van der Waals surface area (Å²) in [5, 5.41) is 13.4. The van der Waals surface area contributed by atoms with Crippen LogP contribution in [0.3, 0.4) is 0 Å². The lowest BCUT2D eigenvalue weighted by molar-refractivity contribution is 0.0696. The Morgan fingerprint density at radius 2 is 1.97 bits per heavy atom. The second-order valence-corrected chi connectivity index (χ2v) is 9.67. The maximum atomic E-state index is 11.7. The highest BCUT2D eigenvalue weighted by Gasteiger charge is 2.42. The zero-order valence-electron chi connectivity index (χ0n) is 19.0. The second-order valence-electron chi connectivity index (χ2n) is 9.67. The molecular weight excluding hydrogens is 398 g/mol. The van der Waals surface area contributed by atoms with E-state index in [0.717, 1.165) is 17.7 Å². The summed E-state index contributed by atoms with van der Waals surface area (Å²) in [6, 6.07) is 13.9. The number of carbonyl (C=O) groups is 1. The average Bonchev–Trinajstić information content (AvgIpc) is 2.76. The molecule has 0 amide bonds. The molecule has 4 heteroatoms. The summed E-state index contributed by atoms with van der Waals surface area (Å²) >= 11 is 0. The van der Waals surface area contributed by atoms with E-state index >= 15 is 0 Å². The topological polar surface area (TPSA) is 58.6 Å². The third-order valence-corrected chi connectivity index (χ3v) is 7.03. The molecule has 2 aliphatic carbocycles. The number of carboxylic acids is 1. The Balaban J connectivity index is 1.75. The van der Waals surface area contributed by atoms with E-state index in [0.29, 0.717) is 5.56 Å². The van der Waals surface area contributed by atoms with Gasteiger partial charge in [-0.3, -0.25) is 0 Å². The van der Waals surface area contributed by atoms with Gasteiger partial charge >= 0.3 is 5.97 Å². The molecule has 0 saturated carbocycles. The summed E-state index contributed by atoms with van der Waals surface area (Å²) in [6.45, 7) is 6.64. The van der Waals surface area contributed by atoms with Gasteiger partial charge in [-0.1, -0.05) is 48.1 Å². The average molecular weight is 428 g/mol. The van der Waals surface area contributed by atoms with Crippen LogP contribution in [-0.2, 0) is 6.42 Å². The van der Waals surface area contributed by atoms with Gasteiger partial charge in [0.2, 0.25) is 0 Å². The van der Waals surface area contributed by atoms with Crippen LogP contribution in [0.25, 0.3) is 5.57 Å². The Morgan fingerprint density at radius 3 is 2.72 bits per heavy atom. The summed E-state index contributed by atoms with van der Waals surface area (Å²) in [4.78, 5) is 11.7. The van der Waals surface area contributed by atoms with E-state index in [-0.39, 0.29) is 23.4 Å². The molecule has 2 aromatic carbocycles. The number of methoxy groups -OCH3 is 1. The van der Waals surface area contributed by atoms with Crippen molar-refractivity contribution >= 4 is 11.5 Å². The van der Waals surface area contributed by atoms with Gasteiger partial charge in [0.25, 0.3) is 0 Å². The van der Waals surface area contributed by atoms with Gasteiger partial charge in [0, 0.05) is 29.0 Å². The fourth-order valence-corrected chi connectivity index (χ4v) is 5.93. The first-order valence-electron chi connectivity index (χ1n) is 11.2. The van der Waals surface area contributed by atoms with Crippen LogP contribution in [0.4, 0.5) is 0 Å². The van der Waals surface area contributed by atoms with Crippen LogP contribution >= 0.6 is 0 Å². The minimum absolute atomic E-state index is 0.0728. The standard InChI is InChI=1S/C28H29NO3/c1-16-15-28(2,3)29-22-12-11-20-25-18(8-6-10-23(25)32-4)14-21(26(20)24(16)22)17-7-5-9-19(13-17)27(30)31/h5-13,15,21-22,24,29H,14H2,1-4H3,(H,30,31). The van der Waals surface area contributed by atoms with E-state index in [1.54, 1.807) is 13.2 Å². The summed E-state index contributed by atoms with van der Waals surface area (Å²) < 4.78 is 5.77. The van der Waals surface area contributed by atoms with E-state index in [1.807, 2.05) is 24.3 Å². The molecule has 0 saturated heterocycles. The number of fused-ring (bicyclic) bond motifs is 4. The Bertz CT molecular complexity index is 1200.